The van der Waals surface area contributed by atoms with Crippen LogP contribution in [0.5, 0.6) is 0 Å². The minimum atomic E-state index is -0.388. The Morgan fingerprint density at radius 3 is 2.50 bits per heavy atom. The SMILES string of the molecule is Cc1ccccc1C1C=CC=CC1O. The Bertz CT molecular complexity index is 377. The smallest absolute Gasteiger partial charge is 0.0827 e. The van der Waals surface area contributed by atoms with Crippen molar-refractivity contribution >= 4 is 0 Å². The summed E-state index contributed by atoms with van der Waals surface area (Å²) >= 11 is 0. The van der Waals surface area contributed by atoms with Crippen LogP contribution in [-0.4, -0.2) is 11.2 Å². The van der Waals surface area contributed by atoms with Crippen molar-refractivity contribution in [2.45, 2.75) is 18.9 Å². The molecule has 14 heavy (non-hydrogen) atoms. The Balaban J connectivity index is 2.36. The van der Waals surface area contributed by atoms with Gasteiger partial charge in [-0.15, -0.1) is 0 Å². The van der Waals surface area contributed by atoms with Gasteiger partial charge in [-0.25, -0.2) is 0 Å². The Morgan fingerprint density at radius 1 is 1.07 bits per heavy atom. The summed E-state index contributed by atoms with van der Waals surface area (Å²) in [7, 11) is 0. The molecule has 1 aliphatic carbocycles. The average molecular weight is 186 g/mol. The van der Waals surface area contributed by atoms with E-state index >= 15 is 0 Å². The molecule has 0 aromatic heterocycles. The van der Waals surface area contributed by atoms with E-state index in [1.807, 2.05) is 36.4 Å². The van der Waals surface area contributed by atoms with Gasteiger partial charge in [-0.3, -0.25) is 0 Å². The molecule has 1 aromatic carbocycles. The fraction of sp³-hybridized carbons (Fsp3) is 0.231. The largest absolute Gasteiger partial charge is 0.388 e. The number of rotatable bonds is 1. The molecule has 1 aliphatic rings. The van der Waals surface area contributed by atoms with Crippen LogP contribution in [0.3, 0.4) is 0 Å². The van der Waals surface area contributed by atoms with Crippen molar-refractivity contribution in [2.75, 3.05) is 0 Å². The number of allylic oxidation sites excluding steroid dienone is 2. The Hall–Kier alpha value is -1.34. The summed E-state index contributed by atoms with van der Waals surface area (Å²) in [5, 5.41) is 9.81. The van der Waals surface area contributed by atoms with Gasteiger partial charge in [0.2, 0.25) is 0 Å². The first-order valence-electron chi connectivity index (χ1n) is 4.87. The molecule has 0 saturated heterocycles. The summed E-state index contributed by atoms with van der Waals surface area (Å²) in [6.07, 6.45) is 7.37. The molecule has 0 bridgehead atoms. The topological polar surface area (TPSA) is 20.2 Å². The van der Waals surface area contributed by atoms with Crippen molar-refractivity contribution in [1.82, 2.24) is 0 Å². The fourth-order valence-corrected chi connectivity index (χ4v) is 1.84. The molecule has 0 fully saturated rings. The molecule has 1 aromatic rings. The molecule has 2 unspecified atom stereocenters. The van der Waals surface area contributed by atoms with Gasteiger partial charge in [-0.1, -0.05) is 48.6 Å². The Kier molecular flexibility index (Phi) is 2.51. The third kappa shape index (κ3) is 1.64. The predicted octanol–water partition coefficient (Wildman–Crippen LogP) is 2.57. The zero-order valence-corrected chi connectivity index (χ0v) is 8.22. The number of hydrogen-bond acceptors (Lipinski definition) is 1. The molecule has 0 heterocycles. The van der Waals surface area contributed by atoms with Gasteiger partial charge in [0, 0.05) is 5.92 Å². The zero-order chi connectivity index (χ0) is 9.97. The van der Waals surface area contributed by atoms with E-state index in [1.54, 1.807) is 0 Å². The monoisotopic (exact) mass is 186 g/mol. The van der Waals surface area contributed by atoms with Crippen molar-refractivity contribution in [3.05, 3.63) is 59.7 Å². The van der Waals surface area contributed by atoms with Gasteiger partial charge < -0.3 is 5.11 Å². The average Bonchev–Trinajstić information content (AvgIpc) is 2.20. The zero-order valence-electron chi connectivity index (χ0n) is 8.22. The summed E-state index contributed by atoms with van der Waals surface area (Å²) < 4.78 is 0. The highest BCUT2D eigenvalue weighted by atomic mass is 16.3. The first kappa shape index (κ1) is 9.22. The van der Waals surface area contributed by atoms with Gasteiger partial charge in [0.05, 0.1) is 6.10 Å². The lowest BCUT2D eigenvalue weighted by Gasteiger charge is -2.21. The molecule has 1 nitrogen and oxygen atoms in total. The van der Waals surface area contributed by atoms with Crippen LogP contribution in [0, 0.1) is 6.92 Å². The van der Waals surface area contributed by atoms with Crippen LogP contribution in [0.25, 0.3) is 0 Å². The molecule has 0 aliphatic heterocycles. The number of aryl methyl sites for hydroxylation is 1. The van der Waals surface area contributed by atoms with E-state index in [1.165, 1.54) is 11.1 Å². The van der Waals surface area contributed by atoms with Crippen LogP contribution >= 0.6 is 0 Å². The molecule has 0 saturated carbocycles. The van der Waals surface area contributed by atoms with Crippen LogP contribution < -0.4 is 0 Å². The van der Waals surface area contributed by atoms with Gasteiger partial charge >= 0.3 is 0 Å². The van der Waals surface area contributed by atoms with Crippen molar-refractivity contribution in [2.24, 2.45) is 0 Å². The highest BCUT2D eigenvalue weighted by Gasteiger charge is 2.18. The molecule has 0 radical (unpaired) electrons. The molecular formula is C13H14O. The van der Waals surface area contributed by atoms with Crippen LogP contribution in [0.2, 0.25) is 0 Å². The van der Waals surface area contributed by atoms with E-state index in [0.29, 0.717) is 0 Å². The second-order valence-electron chi connectivity index (χ2n) is 3.64. The lowest BCUT2D eigenvalue weighted by molar-refractivity contribution is 0.205. The molecular weight excluding hydrogens is 172 g/mol. The van der Waals surface area contributed by atoms with E-state index in [-0.39, 0.29) is 12.0 Å². The Labute approximate surface area is 84.4 Å². The van der Waals surface area contributed by atoms with E-state index in [9.17, 15) is 5.11 Å². The second kappa shape index (κ2) is 3.81. The van der Waals surface area contributed by atoms with E-state index in [2.05, 4.69) is 19.1 Å². The number of hydrogen-bond donors (Lipinski definition) is 1. The quantitative estimate of drug-likeness (QED) is 0.714. The predicted molar refractivity (Wildman–Crippen MR) is 58.2 cm³/mol. The first-order valence-corrected chi connectivity index (χ1v) is 4.87. The maximum absolute atomic E-state index is 9.81. The highest BCUT2D eigenvalue weighted by molar-refractivity contribution is 5.36. The van der Waals surface area contributed by atoms with Gasteiger partial charge in [0.15, 0.2) is 0 Å². The lowest BCUT2D eigenvalue weighted by atomic mass is 9.87. The first-order chi connectivity index (χ1) is 6.79. The molecule has 1 heteroatoms. The van der Waals surface area contributed by atoms with Crippen LogP contribution in [0.4, 0.5) is 0 Å². The molecule has 0 amide bonds. The second-order valence-corrected chi connectivity index (χ2v) is 3.64. The lowest BCUT2D eigenvalue weighted by Crippen LogP contribution is -2.16. The van der Waals surface area contributed by atoms with Gasteiger partial charge in [-0.05, 0) is 18.1 Å². The highest BCUT2D eigenvalue weighted by Crippen LogP contribution is 2.27. The molecule has 0 spiro atoms. The van der Waals surface area contributed by atoms with Crippen molar-refractivity contribution in [3.63, 3.8) is 0 Å². The minimum absolute atomic E-state index is 0.112. The maximum atomic E-state index is 9.81. The Morgan fingerprint density at radius 2 is 1.79 bits per heavy atom. The summed E-state index contributed by atoms with van der Waals surface area (Å²) in [6.45, 7) is 2.08. The normalized spacial score (nSPS) is 25.3. The third-order valence-corrected chi connectivity index (χ3v) is 2.65. The van der Waals surface area contributed by atoms with Crippen LogP contribution in [-0.2, 0) is 0 Å². The molecule has 1 N–H and O–H groups in total. The summed E-state index contributed by atoms with van der Waals surface area (Å²) in [4.78, 5) is 0. The molecule has 72 valence electrons. The number of benzene rings is 1. The minimum Gasteiger partial charge on any atom is -0.388 e. The van der Waals surface area contributed by atoms with Gasteiger partial charge in [0.1, 0.15) is 0 Å². The molecule has 2 atom stereocenters. The van der Waals surface area contributed by atoms with E-state index < -0.39 is 0 Å². The van der Waals surface area contributed by atoms with E-state index in [4.69, 9.17) is 0 Å². The maximum Gasteiger partial charge on any atom is 0.0827 e. The van der Waals surface area contributed by atoms with Crippen molar-refractivity contribution < 1.29 is 5.11 Å². The summed E-state index contributed by atoms with van der Waals surface area (Å²) in [6, 6.07) is 8.19. The van der Waals surface area contributed by atoms with E-state index in [0.717, 1.165) is 0 Å². The van der Waals surface area contributed by atoms with Crippen molar-refractivity contribution in [3.8, 4) is 0 Å². The van der Waals surface area contributed by atoms with Crippen LogP contribution in [0.15, 0.2) is 48.6 Å². The van der Waals surface area contributed by atoms with Crippen molar-refractivity contribution in [1.29, 1.82) is 0 Å². The number of aliphatic hydroxyl groups excluding tert-OH is 1. The van der Waals surface area contributed by atoms with Crippen LogP contribution in [0.1, 0.15) is 17.0 Å². The fourth-order valence-electron chi connectivity index (χ4n) is 1.84. The summed E-state index contributed by atoms with van der Waals surface area (Å²) in [5.41, 5.74) is 2.44. The van der Waals surface area contributed by atoms with Gasteiger partial charge in [-0.2, -0.15) is 0 Å². The third-order valence-electron chi connectivity index (χ3n) is 2.65. The summed E-state index contributed by atoms with van der Waals surface area (Å²) in [5.74, 6) is 0.112. The van der Waals surface area contributed by atoms with Gasteiger partial charge in [0.25, 0.3) is 0 Å². The standard InChI is InChI=1S/C13H14O/c1-10-6-2-3-7-11(10)12-8-4-5-9-13(12)14/h2-9,12-14H,1H3. The molecule has 2 rings (SSSR count). The number of aliphatic hydroxyl groups is 1.